The molecule has 78 valence electrons. The number of halogens is 4. The Morgan fingerprint density at radius 1 is 1.46 bits per heavy atom. The van der Waals surface area contributed by atoms with Crippen LogP contribution in [0.2, 0.25) is 0 Å². The number of aliphatic hydroxyl groups excluding tert-OH is 1. The summed E-state index contributed by atoms with van der Waals surface area (Å²) in [6, 6.07) is 0. The molecule has 0 aromatic rings. The first-order chi connectivity index (χ1) is 5.77. The van der Waals surface area contributed by atoms with E-state index in [0.717, 1.165) is 0 Å². The smallest absolute Gasteiger partial charge is 0.388 e. The van der Waals surface area contributed by atoms with Gasteiger partial charge in [0.05, 0.1) is 0 Å². The van der Waals surface area contributed by atoms with Crippen molar-refractivity contribution in [2.24, 2.45) is 0 Å². The minimum Gasteiger partial charge on any atom is -0.388 e. The van der Waals surface area contributed by atoms with Crippen LogP contribution >= 0.6 is 22.9 Å². The molecular weight excluding hydrogens is 302 g/mol. The van der Waals surface area contributed by atoms with E-state index in [4.69, 9.17) is 5.11 Å². The lowest BCUT2D eigenvalue weighted by Gasteiger charge is -2.40. The van der Waals surface area contributed by atoms with Crippen LogP contribution in [0.25, 0.3) is 0 Å². The molecule has 2 unspecified atom stereocenters. The normalized spacial score (nSPS) is 37.8. The average molecular weight is 311 g/mol. The lowest BCUT2D eigenvalue weighted by molar-refractivity contribution is -0.299. The monoisotopic (exact) mass is 311 g/mol. The van der Waals surface area contributed by atoms with Gasteiger partial charge >= 0.3 is 6.18 Å². The van der Waals surface area contributed by atoms with Crippen molar-refractivity contribution in [2.75, 3.05) is 13.1 Å². The number of alkyl halides is 3. The van der Waals surface area contributed by atoms with Gasteiger partial charge in [0.1, 0.15) is 6.10 Å². The van der Waals surface area contributed by atoms with Crippen LogP contribution in [-0.4, -0.2) is 44.3 Å². The van der Waals surface area contributed by atoms with E-state index in [1.54, 1.807) is 0 Å². The van der Waals surface area contributed by atoms with Crippen LogP contribution in [0, 0.1) is 0 Å². The Kier molecular flexibility index (Phi) is 3.11. The first-order valence-electron chi connectivity index (χ1n) is 3.65. The Bertz CT molecular complexity index is 201. The zero-order valence-electron chi connectivity index (χ0n) is 6.55. The summed E-state index contributed by atoms with van der Waals surface area (Å²) in [5.41, 5.74) is -2.94. The van der Waals surface area contributed by atoms with Gasteiger partial charge in [0, 0.05) is 42.4 Å². The Hall–Kier alpha value is 0.400. The lowest BCUT2D eigenvalue weighted by atomic mass is 9.89. The number of hydrogen-bond donors (Lipinski definition) is 2. The van der Waals surface area contributed by atoms with Crippen molar-refractivity contribution >= 4 is 22.9 Å². The largest absolute Gasteiger partial charge is 0.419 e. The summed E-state index contributed by atoms with van der Waals surface area (Å²) in [5, 5.41) is 18.3. The Morgan fingerprint density at radius 2 is 2.00 bits per heavy atom. The van der Waals surface area contributed by atoms with Gasteiger partial charge in [-0.3, -0.25) is 0 Å². The van der Waals surface area contributed by atoms with Crippen molar-refractivity contribution in [3.05, 3.63) is 0 Å². The Labute approximate surface area is 87.0 Å². The topological polar surface area (TPSA) is 43.7 Å². The highest BCUT2D eigenvalue weighted by Crippen LogP contribution is 2.39. The fraction of sp³-hybridized carbons (Fsp3) is 1.00. The molecule has 1 rings (SSSR count). The standard InChI is InChI=1S/C6H9F3INO2/c7-6(8,9)5(13)1-2-11(10)3-4(5)12/h4,12-13H,1-3H2. The van der Waals surface area contributed by atoms with Crippen LogP contribution in [0.1, 0.15) is 6.42 Å². The fourth-order valence-electron chi connectivity index (χ4n) is 1.22. The van der Waals surface area contributed by atoms with Gasteiger partial charge in [-0.2, -0.15) is 13.2 Å². The Balaban J connectivity index is 2.79. The highest BCUT2D eigenvalue weighted by atomic mass is 127. The van der Waals surface area contributed by atoms with Crippen LogP contribution in [0.5, 0.6) is 0 Å². The second-order valence-corrected chi connectivity index (χ2v) is 4.42. The molecule has 2 N–H and O–H groups in total. The van der Waals surface area contributed by atoms with Crippen molar-refractivity contribution in [3.8, 4) is 0 Å². The molecule has 1 fully saturated rings. The van der Waals surface area contributed by atoms with E-state index in [9.17, 15) is 18.3 Å². The van der Waals surface area contributed by atoms with Crippen molar-refractivity contribution < 1.29 is 23.4 Å². The van der Waals surface area contributed by atoms with Crippen LogP contribution in [-0.2, 0) is 0 Å². The molecule has 0 aliphatic carbocycles. The first kappa shape index (κ1) is 11.5. The number of piperidine rings is 1. The van der Waals surface area contributed by atoms with Crippen LogP contribution in [0.4, 0.5) is 13.2 Å². The lowest BCUT2D eigenvalue weighted by Crippen LogP contribution is -2.61. The van der Waals surface area contributed by atoms with Gasteiger partial charge in [-0.15, -0.1) is 0 Å². The maximum Gasteiger partial charge on any atom is 0.419 e. The maximum absolute atomic E-state index is 12.3. The van der Waals surface area contributed by atoms with Gasteiger partial charge in [0.2, 0.25) is 0 Å². The summed E-state index contributed by atoms with van der Waals surface area (Å²) in [7, 11) is 0. The number of aliphatic hydroxyl groups is 2. The van der Waals surface area contributed by atoms with Gasteiger partial charge in [0.15, 0.2) is 5.60 Å². The van der Waals surface area contributed by atoms with Crippen LogP contribution in [0.3, 0.4) is 0 Å². The minimum atomic E-state index is -4.76. The van der Waals surface area contributed by atoms with Gasteiger partial charge in [-0.25, -0.2) is 3.11 Å². The van der Waals surface area contributed by atoms with Gasteiger partial charge in [-0.05, 0) is 0 Å². The third-order valence-electron chi connectivity index (χ3n) is 2.15. The zero-order valence-corrected chi connectivity index (χ0v) is 8.71. The number of hydrogen-bond acceptors (Lipinski definition) is 3. The molecule has 0 bridgehead atoms. The molecule has 0 radical (unpaired) electrons. The second-order valence-electron chi connectivity index (χ2n) is 3.06. The van der Waals surface area contributed by atoms with Crippen LogP contribution in [0.15, 0.2) is 0 Å². The van der Waals surface area contributed by atoms with Crippen molar-refractivity contribution in [1.29, 1.82) is 0 Å². The molecule has 1 aliphatic heterocycles. The van der Waals surface area contributed by atoms with Gasteiger partial charge in [0.25, 0.3) is 0 Å². The van der Waals surface area contributed by atoms with Crippen LogP contribution < -0.4 is 0 Å². The van der Waals surface area contributed by atoms with Gasteiger partial charge < -0.3 is 10.2 Å². The molecule has 1 aliphatic rings. The Morgan fingerprint density at radius 3 is 2.38 bits per heavy atom. The third-order valence-corrected chi connectivity index (χ3v) is 3.03. The molecular formula is C6H9F3INO2. The minimum absolute atomic E-state index is 0.119. The summed E-state index contributed by atoms with van der Waals surface area (Å²) in [5.74, 6) is 0. The molecule has 0 saturated carbocycles. The van der Waals surface area contributed by atoms with Crippen molar-refractivity contribution in [3.63, 3.8) is 0 Å². The molecule has 0 aromatic carbocycles. The van der Waals surface area contributed by atoms with Gasteiger partial charge in [-0.1, -0.05) is 0 Å². The van der Waals surface area contributed by atoms with E-state index < -0.39 is 24.3 Å². The van der Waals surface area contributed by atoms with E-state index in [1.165, 1.54) is 3.11 Å². The third kappa shape index (κ3) is 2.08. The molecule has 7 heteroatoms. The predicted octanol–water partition coefficient (Wildman–Crippen LogP) is 0.696. The van der Waals surface area contributed by atoms with E-state index in [-0.39, 0.29) is 13.1 Å². The summed E-state index contributed by atoms with van der Waals surface area (Å²) < 4.78 is 38.3. The molecule has 3 nitrogen and oxygen atoms in total. The fourth-order valence-corrected chi connectivity index (χ4v) is 1.83. The molecule has 1 heterocycles. The molecule has 0 amide bonds. The van der Waals surface area contributed by atoms with E-state index >= 15 is 0 Å². The number of β-amino-alcohol motifs (C(OH)–C–C–N with tert-alkyl or cyclic N) is 1. The number of rotatable bonds is 0. The van der Waals surface area contributed by atoms with Crippen molar-refractivity contribution in [1.82, 2.24) is 3.11 Å². The highest BCUT2D eigenvalue weighted by molar-refractivity contribution is 14.1. The van der Waals surface area contributed by atoms with E-state index in [1.807, 2.05) is 22.9 Å². The SMILES string of the molecule is OC1CN(I)CCC1(O)C(F)(F)F. The first-order valence-corrected chi connectivity index (χ1v) is 4.62. The molecule has 13 heavy (non-hydrogen) atoms. The quantitative estimate of drug-likeness (QED) is 0.511. The summed E-state index contributed by atoms with van der Waals surface area (Å²) in [6.07, 6.45) is -7.01. The molecule has 0 spiro atoms. The average Bonchev–Trinajstić information content (AvgIpc) is 1.95. The molecule has 0 aromatic heterocycles. The summed E-state index contributed by atoms with van der Waals surface area (Å²) in [6.45, 7) is -0.0514. The predicted molar refractivity (Wildman–Crippen MR) is 47.2 cm³/mol. The second kappa shape index (κ2) is 3.52. The molecule has 2 atom stereocenters. The molecule has 1 saturated heterocycles. The van der Waals surface area contributed by atoms with E-state index in [2.05, 4.69) is 0 Å². The maximum atomic E-state index is 12.3. The zero-order chi connectivity index (χ0) is 10.3. The highest BCUT2D eigenvalue weighted by Gasteiger charge is 2.59. The number of nitrogens with zero attached hydrogens (tertiary/aromatic N) is 1. The summed E-state index contributed by atoms with van der Waals surface area (Å²) in [4.78, 5) is 0. The van der Waals surface area contributed by atoms with Crippen molar-refractivity contribution in [2.45, 2.75) is 24.3 Å². The summed E-state index contributed by atoms with van der Waals surface area (Å²) >= 11 is 1.81. The van der Waals surface area contributed by atoms with E-state index in [0.29, 0.717) is 0 Å².